The molecule has 4 rings (SSSR count). The van der Waals surface area contributed by atoms with Crippen molar-refractivity contribution in [1.29, 1.82) is 0 Å². The summed E-state index contributed by atoms with van der Waals surface area (Å²) in [7, 11) is 0. The number of ketones is 2. The van der Waals surface area contributed by atoms with E-state index in [0.29, 0.717) is 38.5 Å². The van der Waals surface area contributed by atoms with Crippen LogP contribution in [0.1, 0.15) is 51.4 Å². The predicted octanol–water partition coefficient (Wildman–Crippen LogP) is 0.00520. The number of fused-ring (bicyclic) bond motifs is 2. The molecule has 4 fully saturated rings. The Labute approximate surface area is 163 Å². The van der Waals surface area contributed by atoms with Crippen LogP contribution in [0.5, 0.6) is 0 Å². The normalized spacial score (nSPS) is 47.1. The van der Waals surface area contributed by atoms with E-state index in [9.17, 15) is 30.0 Å². The first kappa shape index (κ1) is 19.8. The Kier molecular flexibility index (Phi) is 5.48. The minimum absolute atomic E-state index is 0.107. The lowest BCUT2D eigenvalue weighted by molar-refractivity contribution is -0.130. The largest absolute Gasteiger partial charge is 0.390 e. The highest BCUT2D eigenvalue weighted by molar-refractivity contribution is 6.01. The van der Waals surface area contributed by atoms with Crippen molar-refractivity contribution >= 4 is 23.0 Å². The quantitative estimate of drug-likeness (QED) is 0.463. The first-order chi connectivity index (χ1) is 13.3. The zero-order valence-electron chi connectivity index (χ0n) is 15.8. The maximum absolute atomic E-state index is 12.3. The molecule has 0 amide bonds. The summed E-state index contributed by atoms with van der Waals surface area (Å²) in [5.74, 6) is -0.838. The molecule has 0 aromatic heterocycles. The van der Waals surface area contributed by atoms with Crippen molar-refractivity contribution < 1.29 is 30.0 Å². The van der Waals surface area contributed by atoms with Gasteiger partial charge < -0.3 is 20.4 Å². The van der Waals surface area contributed by atoms with Crippen molar-refractivity contribution in [1.82, 2.24) is 0 Å². The maximum atomic E-state index is 12.3. The van der Waals surface area contributed by atoms with Gasteiger partial charge in [-0.3, -0.25) is 9.59 Å². The number of carbonyl (C=O) groups is 2. The van der Waals surface area contributed by atoms with Crippen LogP contribution in [0.15, 0.2) is 10.2 Å². The van der Waals surface area contributed by atoms with Gasteiger partial charge in [-0.1, -0.05) is 0 Å². The van der Waals surface area contributed by atoms with Crippen LogP contribution in [0.3, 0.4) is 0 Å². The van der Waals surface area contributed by atoms with Gasteiger partial charge in [0.15, 0.2) is 0 Å². The predicted molar refractivity (Wildman–Crippen MR) is 99.8 cm³/mol. The van der Waals surface area contributed by atoms with Gasteiger partial charge >= 0.3 is 0 Å². The number of carbonyl (C=O) groups excluding carboxylic acids is 2. The molecule has 0 bridgehead atoms. The van der Waals surface area contributed by atoms with Gasteiger partial charge in [0.05, 0.1) is 24.4 Å². The van der Waals surface area contributed by atoms with Crippen LogP contribution >= 0.6 is 0 Å². The number of hydrogen-bond donors (Lipinski definition) is 4. The molecule has 4 N–H and O–H groups in total. The van der Waals surface area contributed by atoms with Gasteiger partial charge in [-0.2, -0.15) is 10.2 Å². The van der Waals surface area contributed by atoms with E-state index in [2.05, 4.69) is 10.2 Å². The van der Waals surface area contributed by atoms with E-state index in [1.54, 1.807) is 0 Å². The van der Waals surface area contributed by atoms with Crippen LogP contribution in [0, 0.1) is 23.7 Å². The molecule has 4 aliphatic rings. The van der Waals surface area contributed by atoms with Crippen LogP contribution in [0.25, 0.3) is 0 Å². The third-order valence-electron chi connectivity index (χ3n) is 7.09. The number of rotatable bonds is 1. The molecule has 8 nitrogen and oxygen atoms in total. The van der Waals surface area contributed by atoms with Gasteiger partial charge in [0.2, 0.25) is 0 Å². The minimum Gasteiger partial charge on any atom is -0.390 e. The Balaban J connectivity index is 1.57. The van der Waals surface area contributed by atoms with E-state index in [0.717, 1.165) is 11.4 Å². The Morgan fingerprint density at radius 3 is 1.21 bits per heavy atom. The standard InChI is InChI=1S/C20H28N2O6/c23-15-3-1-13(9-5-17(25)19(27)7-11(9)15)21-22-14-2-4-16(24)12-8-20(28)18(26)6-10(12)14/h9-12,17-20,25-28H,1-8H2/b21-13-,22-14-/t9-,10-,11-,12-,17+,18+,19-,20-/m1/s1. The number of hydrogen-bond acceptors (Lipinski definition) is 8. The molecule has 154 valence electrons. The third kappa shape index (κ3) is 3.58. The van der Waals surface area contributed by atoms with Gasteiger partial charge in [-0.15, -0.1) is 0 Å². The molecule has 0 radical (unpaired) electrons. The summed E-state index contributed by atoms with van der Waals surface area (Å²) in [6.45, 7) is 0. The minimum atomic E-state index is -0.879. The zero-order valence-corrected chi connectivity index (χ0v) is 15.8. The molecule has 4 saturated carbocycles. The van der Waals surface area contributed by atoms with E-state index in [4.69, 9.17) is 0 Å². The lowest BCUT2D eigenvalue weighted by Crippen LogP contribution is -2.47. The summed E-state index contributed by atoms with van der Waals surface area (Å²) in [5, 5.41) is 48.8. The summed E-state index contributed by atoms with van der Waals surface area (Å²) in [6, 6.07) is 0. The van der Waals surface area contributed by atoms with Crippen molar-refractivity contribution in [2.45, 2.75) is 75.8 Å². The average Bonchev–Trinajstić information content (AvgIpc) is 2.66. The molecular weight excluding hydrogens is 364 g/mol. The highest BCUT2D eigenvalue weighted by Crippen LogP contribution is 2.39. The zero-order chi connectivity index (χ0) is 20.0. The number of Topliss-reactive ketones (excluding diaryl/α,β-unsaturated/α-hetero) is 2. The molecule has 0 aromatic carbocycles. The molecule has 0 heterocycles. The summed E-state index contributed by atoms with van der Waals surface area (Å²) >= 11 is 0. The van der Waals surface area contributed by atoms with E-state index < -0.39 is 24.4 Å². The van der Waals surface area contributed by atoms with Gasteiger partial charge in [0.25, 0.3) is 0 Å². The molecule has 8 heteroatoms. The SMILES string of the molecule is O=C1CC/C(=N/N=C2/CCC(=O)[C@@H]3C[C@@H](O)[C@@H](O)C[C@@H]23)[C@@H]2C[C@H](O)[C@H](O)C[C@@H]12. The van der Waals surface area contributed by atoms with Crippen LogP contribution in [0.2, 0.25) is 0 Å². The monoisotopic (exact) mass is 392 g/mol. The van der Waals surface area contributed by atoms with Crippen molar-refractivity contribution in [3.8, 4) is 0 Å². The fourth-order valence-electron chi connectivity index (χ4n) is 5.40. The lowest BCUT2D eigenvalue weighted by Gasteiger charge is -2.40. The van der Waals surface area contributed by atoms with Crippen LogP contribution in [-0.2, 0) is 9.59 Å². The number of aliphatic hydroxyl groups excluding tert-OH is 4. The maximum Gasteiger partial charge on any atom is 0.137 e. The Morgan fingerprint density at radius 1 is 0.536 bits per heavy atom. The van der Waals surface area contributed by atoms with Gasteiger partial charge in [0.1, 0.15) is 11.6 Å². The molecular formula is C20H28N2O6. The molecule has 4 aliphatic carbocycles. The van der Waals surface area contributed by atoms with E-state index in [1.165, 1.54) is 0 Å². The van der Waals surface area contributed by atoms with Gasteiger partial charge in [0, 0.05) is 47.9 Å². The summed E-state index contributed by atoms with van der Waals surface area (Å²) in [6.07, 6.45) is -0.658. The smallest absolute Gasteiger partial charge is 0.137 e. The molecule has 28 heavy (non-hydrogen) atoms. The van der Waals surface area contributed by atoms with Gasteiger partial charge in [-0.25, -0.2) is 0 Å². The fourth-order valence-corrected chi connectivity index (χ4v) is 5.40. The number of nitrogens with zero attached hydrogens (tertiary/aromatic N) is 2. The molecule has 0 saturated heterocycles. The summed E-state index contributed by atoms with van der Waals surface area (Å²) < 4.78 is 0. The van der Waals surface area contributed by atoms with Crippen molar-refractivity contribution in [2.24, 2.45) is 33.9 Å². The first-order valence-electron chi connectivity index (χ1n) is 10.3. The van der Waals surface area contributed by atoms with E-state index in [-0.39, 0.29) is 48.1 Å². The molecule has 8 atom stereocenters. The second-order valence-corrected chi connectivity index (χ2v) is 8.75. The van der Waals surface area contributed by atoms with Gasteiger partial charge in [-0.05, 0) is 38.5 Å². The Bertz CT molecular complexity index is 659. The highest BCUT2D eigenvalue weighted by Gasteiger charge is 2.45. The Morgan fingerprint density at radius 2 is 0.857 bits per heavy atom. The van der Waals surface area contributed by atoms with Crippen LogP contribution in [-0.4, -0.2) is 67.8 Å². The molecule has 0 aromatic rings. The second kappa shape index (κ2) is 7.74. The van der Waals surface area contributed by atoms with Crippen LogP contribution in [0.4, 0.5) is 0 Å². The van der Waals surface area contributed by atoms with E-state index >= 15 is 0 Å². The third-order valence-corrected chi connectivity index (χ3v) is 7.09. The highest BCUT2D eigenvalue weighted by atomic mass is 16.3. The van der Waals surface area contributed by atoms with Crippen LogP contribution < -0.4 is 0 Å². The molecule has 0 spiro atoms. The molecule has 0 unspecified atom stereocenters. The lowest BCUT2D eigenvalue weighted by atomic mass is 9.67. The van der Waals surface area contributed by atoms with E-state index in [1.807, 2.05) is 0 Å². The summed E-state index contributed by atoms with van der Waals surface area (Å²) in [4.78, 5) is 24.5. The van der Waals surface area contributed by atoms with Crippen molar-refractivity contribution in [3.63, 3.8) is 0 Å². The topological polar surface area (TPSA) is 140 Å². The fraction of sp³-hybridized carbons (Fsp3) is 0.800. The van der Waals surface area contributed by atoms with Crippen molar-refractivity contribution in [2.75, 3.05) is 0 Å². The summed E-state index contributed by atoms with van der Waals surface area (Å²) in [5.41, 5.74) is 1.54. The first-order valence-corrected chi connectivity index (χ1v) is 10.3. The average molecular weight is 392 g/mol. The molecule has 0 aliphatic heterocycles. The Hall–Kier alpha value is -1.48. The van der Waals surface area contributed by atoms with Crippen molar-refractivity contribution in [3.05, 3.63) is 0 Å². The number of aliphatic hydroxyl groups is 4. The second-order valence-electron chi connectivity index (χ2n) is 8.75.